The number of urea groups is 1. The first-order chi connectivity index (χ1) is 13.7. The Morgan fingerprint density at radius 1 is 1.14 bits per heavy atom. The molecule has 28 heavy (non-hydrogen) atoms. The number of carbonyl (C=O) groups is 1. The SMILES string of the molecule is COc1ccc(NC(=O)N2CCCC3=C[C@H]4C[C@H](CN5CCCC[C@H]45)[C@H]32)cc1. The van der Waals surface area contributed by atoms with Gasteiger partial charge in [-0.15, -0.1) is 0 Å². The molecule has 5 rings (SSSR count). The number of nitrogens with zero attached hydrogens (tertiary/aromatic N) is 2. The summed E-state index contributed by atoms with van der Waals surface area (Å²) in [5.41, 5.74) is 2.36. The number of methoxy groups -OCH3 is 1. The molecule has 3 aliphatic heterocycles. The fraction of sp³-hybridized carbons (Fsp3) is 0.609. The number of piperidine rings is 3. The molecule has 0 saturated carbocycles. The van der Waals surface area contributed by atoms with E-state index in [4.69, 9.17) is 4.74 Å². The summed E-state index contributed by atoms with van der Waals surface area (Å²) < 4.78 is 5.21. The maximum atomic E-state index is 13.2. The summed E-state index contributed by atoms with van der Waals surface area (Å²) in [7, 11) is 1.66. The van der Waals surface area contributed by atoms with Crippen molar-refractivity contribution in [2.24, 2.45) is 11.8 Å². The van der Waals surface area contributed by atoms with E-state index in [0.717, 1.165) is 43.4 Å². The molecule has 2 amide bonds. The average molecular weight is 382 g/mol. The Morgan fingerprint density at radius 3 is 2.82 bits per heavy atom. The van der Waals surface area contributed by atoms with Crippen LogP contribution < -0.4 is 10.1 Å². The predicted molar refractivity (Wildman–Crippen MR) is 111 cm³/mol. The van der Waals surface area contributed by atoms with Crippen LogP contribution in [0.1, 0.15) is 38.5 Å². The van der Waals surface area contributed by atoms with Crippen LogP contribution in [-0.4, -0.2) is 54.7 Å². The van der Waals surface area contributed by atoms with Crippen LogP contribution in [0.2, 0.25) is 0 Å². The number of fused-ring (bicyclic) bond motifs is 6. The van der Waals surface area contributed by atoms with E-state index in [1.165, 1.54) is 37.8 Å². The first-order valence-corrected chi connectivity index (χ1v) is 10.9. The molecular formula is C23H31N3O2. The maximum Gasteiger partial charge on any atom is 0.322 e. The summed E-state index contributed by atoms with van der Waals surface area (Å²) in [5, 5.41) is 3.12. The molecule has 0 spiro atoms. The number of nitrogens with one attached hydrogen (secondary N) is 1. The lowest BCUT2D eigenvalue weighted by Crippen LogP contribution is -2.60. The van der Waals surface area contributed by atoms with Crippen molar-refractivity contribution in [3.05, 3.63) is 35.9 Å². The minimum atomic E-state index is 0.0417. The summed E-state index contributed by atoms with van der Waals surface area (Å²) in [6, 6.07) is 8.67. The van der Waals surface area contributed by atoms with Crippen LogP contribution in [0.4, 0.5) is 10.5 Å². The van der Waals surface area contributed by atoms with Crippen LogP contribution >= 0.6 is 0 Å². The van der Waals surface area contributed by atoms with Crippen LogP contribution in [0.3, 0.4) is 0 Å². The highest BCUT2D eigenvalue weighted by Gasteiger charge is 2.46. The highest BCUT2D eigenvalue weighted by molar-refractivity contribution is 5.90. The lowest BCUT2D eigenvalue weighted by atomic mass is 9.68. The normalized spacial score (nSPS) is 32.0. The second kappa shape index (κ2) is 7.43. The van der Waals surface area contributed by atoms with Crippen molar-refractivity contribution in [2.45, 2.75) is 50.6 Å². The van der Waals surface area contributed by atoms with E-state index in [1.54, 1.807) is 7.11 Å². The van der Waals surface area contributed by atoms with Crippen molar-refractivity contribution in [3.8, 4) is 5.75 Å². The largest absolute Gasteiger partial charge is 0.497 e. The highest BCUT2D eigenvalue weighted by Crippen LogP contribution is 2.45. The number of likely N-dealkylation sites (tertiary alicyclic amines) is 1. The second-order valence-electron chi connectivity index (χ2n) is 8.86. The van der Waals surface area contributed by atoms with Crippen LogP contribution in [-0.2, 0) is 0 Å². The first kappa shape index (κ1) is 18.0. The van der Waals surface area contributed by atoms with E-state index in [9.17, 15) is 4.79 Å². The summed E-state index contributed by atoms with van der Waals surface area (Å²) in [5.74, 6) is 2.09. The molecule has 5 heteroatoms. The monoisotopic (exact) mass is 381 g/mol. The average Bonchev–Trinajstić information content (AvgIpc) is 2.74. The van der Waals surface area contributed by atoms with Gasteiger partial charge in [-0.3, -0.25) is 4.90 Å². The van der Waals surface area contributed by atoms with E-state index >= 15 is 0 Å². The number of ether oxygens (including phenoxy) is 1. The number of rotatable bonds is 2. The van der Waals surface area contributed by atoms with Gasteiger partial charge in [0.05, 0.1) is 13.2 Å². The molecule has 4 aliphatic rings. The van der Waals surface area contributed by atoms with Crippen molar-refractivity contribution in [3.63, 3.8) is 0 Å². The third kappa shape index (κ3) is 3.20. The Bertz CT molecular complexity index is 760. The van der Waals surface area contributed by atoms with Gasteiger partial charge in [-0.1, -0.05) is 18.1 Å². The Morgan fingerprint density at radius 2 is 2.00 bits per heavy atom. The second-order valence-corrected chi connectivity index (χ2v) is 8.86. The molecule has 1 aliphatic carbocycles. The molecule has 2 bridgehead atoms. The molecule has 3 saturated heterocycles. The molecule has 4 atom stereocenters. The number of anilines is 1. The Hall–Kier alpha value is -2.01. The number of hydrogen-bond donors (Lipinski definition) is 1. The topological polar surface area (TPSA) is 44.8 Å². The van der Waals surface area contributed by atoms with E-state index in [0.29, 0.717) is 11.8 Å². The van der Waals surface area contributed by atoms with Gasteiger partial charge in [0.15, 0.2) is 0 Å². The lowest BCUT2D eigenvalue weighted by Gasteiger charge is -2.54. The van der Waals surface area contributed by atoms with Gasteiger partial charge in [-0.05, 0) is 74.8 Å². The third-order valence-electron chi connectivity index (χ3n) is 7.26. The zero-order valence-electron chi connectivity index (χ0n) is 16.8. The molecule has 1 aromatic rings. The zero-order valence-corrected chi connectivity index (χ0v) is 16.8. The van der Waals surface area contributed by atoms with Crippen LogP contribution in [0, 0.1) is 11.8 Å². The van der Waals surface area contributed by atoms with Gasteiger partial charge in [-0.25, -0.2) is 4.79 Å². The quantitative estimate of drug-likeness (QED) is 0.784. The zero-order chi connectivity index (χ0) is 19.1. The number of carbonyl (C=O) groups excluding carboxylic acids is 1. The summed E-state index contributed by atoms with van der Waals surface area (Å²) >= 11 is 0. The van der Waals surface area contributed by atoms with E-state index in [1.807, 2.05) is 24.3 Å². The smallest absolute Gasteiger partial charge is 0.322 e. The van der Waals surface area contributed by atoms with E-state index in [2.05, 4.69) is 21.2 Å². The Balaban J connectivity index is 1.35. The minimum Gasteiger partial charge on any atom is -0.497 e. The summed E-state index contributed by atoms with van der Waals surface area (Å²) in [6.07, 6.45) is 10.1. The highest BCUT2D eigenvalue weighted by atomic mass is 16.5. The molecule has 5 nitrogen and oxygen atoms in total. The maximum absolute atomic E-state index is 13.2. The number of hydrogen-bond acceptors (Lipinski definition) is 3. The first-order valence-electron chi connectivity index (χ1n) is 10.9. The molecule has 150 valence electrons. The van der Waals surface area contributed by atoms with Gasteiger partial charge >= 0.3 is 6.03 Å². The lowest BCUT2D eigenvalue weighted by molar-refractivity contribution is 0.00908. The fourth-order valence-corrected chi connectivity index (χ4v) is 6.07. The van der Waals surface area contributed by atoms with E-state index < -0.39 is 0 Å². The van der Waals surface area contributed by atoms with Gasteiger partial charge in [0.25, 0.3) is 0 Å². The van der Waals surface area contributed by atoms with Crippen LogP contribution in [0.5, 0.6) is 5.75 Å². The van der Waals surface area contributed by atoms with Gasteiger partial charge in [0.1, 0.15) is 5.75 Å². The standard InChI is InChI=1S/C23H31N3O2/c1-28-20-9-7-19(8-10-20)24-23(27)26-12-4-5-16-13-17-14-18(22(16)26)15-25-11-3-2-6-21(17)25/h7-10,13,17-18,21-22H,2-6,11-12,14-15H2,1H3,(H,24,27)/t17-,18+,21+,22-/m0/s1. The van der Waals surface area contributed by atoms with E-state index in [-0.39, 0.29) is 12.1 Å². The Labute approximate surface area is 167 Å². The van der Waals surface area contributed by atoms with Gasteiger partial charge in [-0.2, -0.15) is 0 Å². The van der Waals surface area contributed by atoms with Crippen LogP contribution in [0.25, 0.3) is 0 Å². The summed E-state index contributed by atoms with van der Waals surface area (Å²) in [4.78, 5) is 18.0. The van der Waals surface area contributed by atoms with Crippen molar-refractivity contribution in [1.29, 1.82) is 0 Å². The molecular weight excluding hydrogens is 350 g/mol. The molecule has 0 aromatic heterocycles. The van der Waals surface area contributed by atoms with Crippen LogP contribution in [0.15, 0.2) is 35.9 Å². The minimum absolute atomic E-state index is 0.0417. The number of amides is 2. The van der Waals surface area contributed by atoms with Gasteiger partial charge in [0.2, 0.25) is 0 Å². The molecule has 0 radical (unpaired) electrons. The predicted octanol–water partition coefficient (Wildman–Crippen LogP) is 4.12. The Kier molecular flexibility index (Phi) is 4.79. The van der Waals surface area contributed by atoms with Crippen molar-refractivity contribution in [2.75, 3.05) is 32.1 Å². The molecule has 1 aromatic carbocycles. The summed E-state index contributed by atoms with van der Waals surface area (Å²) in [6.45, 7) is 3.26. The number of benzene rings is 1. The van der Waals surface area contributed by atoms with Crippen molar-refractivity contribution < 1.29 is 9.53 Å². The third-order valence-corrected chi connectivity index (χ3v) is 7.26. The molecule has 3 heterocycles. The van der Waals surface area contributed by atoms with Gasteiger partial charge in [0, 0.05) is 24.8 Å². The molecule has 3 fully saturated rings. The van der Waals surface area contributed by atoms with Gasteiger partial charge < -0.3 is 15.0 Å². The van der Waals surface area contributed by atoms with Crippen molar-refractivity contribution in [1.82, 2.24) is 9.80 Å². The molecule has 0 unspecified atom stereocenters. The van der Waals surface area contributed by atoms with Crippen molar-refractivity contribution >= 4 is 11.7 Å². The fourth-order valence-electron chi connectivity index (χ4n) is 6.07. The molecule has 1 N–H and O–H groups in total.